The quantitative estimate of drug-likeness (QED) is 0.682. The number of hydrogen-bond donors (Lipinski definition) is 2. The van der Waals surface area contributed by atoms with Crippen LogP contribution < -0.4 is 15.4 Å². The summed E-state index contributed by atoms with van der Waals surface area (Å²) in [5.41, 5.74) is 1.87. The fourth-order valence-electron chi connectivity index (χ4n) is 2.53. The van der Waals surface area contributed by atoms with Crippen molar-refractivity contribution >= 4 is 23.2 Å². The SMILES string of the molecule is CCOc1cn(-c2ccc(F)cc2)nc1C(=O)Nc1ccc(NC(C)=O)cc1. The summed E-state index contributed by atoms with van der Waals surface area (Å²) in [7, 11) is 0. The van der Waals surface area contributed by atoms with Crippen molar-refractivity contribution in [1.29, 1.82) is 0 Å². The molecule has 8 heteroatoms. The Morgan fingerprint density at radius 3 is 2.21 bits per heavy atom. The van der Waals surface area contributed by atoms with Gasteiger partial charge in [-0.05, 0) is 55.5 Å². The standard InChI is InChI=1S/C20H19FN4O3/c1-3-28-18-12-25(17-10-4-14(21)5-11-17)24-19(18)20(27)23-16-8-6-15(7-9-16)22-13(2)26/h4-12H,3H2,1-2H3,(H,22,26)(H,23,27). The summed E-state index contributed by atoms with van der Waals surface area (Å²) in [5.74, 6) is -0.665. The lowest BCUT2D eigenvalue weighted by molar-refractivity contribution is -0.114. The fraction of sp³-hybridized carbons (Fsp3) is 0.150. The number of ether oxygens (including phenoxy) is 1. The molecule has 0 fully saturated rings. The van der Waals surface area contributed by atoms with Gasteiger partial charge in [0, 0.05) is 18.3 Å². The smallest absolute Gasteiger partial charge is 0.280 e. The molecule has 0 bridgehead atoms. The van der Waals surface area contributed by atoms with Crippen LogP contribution in [0.2, 0.25) is 0 Å². The summed E-state index contributed by atoms with van der Waals surface area (Å²) in [6, 6.07) is 12.4. The molecular formula is C20H19FN4O3. The predicted molar refractivity (Wildman–Crippen MR) is 103 cm³/mol. The summed E-state index contributed by atoms with van der Waals surface area (Å²) < 4.78 is 20.1. The van der Waals surface area contributed by atoms with Crippen LogP contribution in [0.3, 0.4) is 0 Å². The largest absolute Gasteiger partial charge is 0.490 e. The molecule has 2 aromatic carbocycles. The van der Waals surface area contributed by atoms with Gasteiger partial charge in [-0.15, -0.1) is 0 Å². The van der Waals surface area contributed by atoms with Gasteiger partial charge in [0.25, 0.3) is 5.91 Å². The maximum Gasteiger partial charge on any atom is 0.280 e. The molecule has 3 rings (SSSR count). The first-order chi connectivity index (χ1) is 13.5. The molecule has 1 heterocycles. The van der Waals surface area contributed by atoms with E-state index in [-0.39, 0.29) is 17.4 Å². The Morgan fingerprint density at radius 2 is 1.64 bits per heavy atom. The predicted octanol–water partition coefficient (Wildman–Crippen LogP) is 3.62. The fourth-order valence-corrected chi connectivity index (χ4v) is 2.53. The number of benzene rings is 2. The van der Waals surface area contributed by atoms with Gasteiger partial charge in [0.15, 0.2) is 11.4 Å². The number of amides is 2. The van der Waals surface area contributed by atoms with Crippen LogP contribution in [-0.4, -0.2) is 28.2 Å². The van der Waals surface area contributed by atoms with Crippen molar-refractivity contribution < 1.29 is 18.7 Å². The number of carbonyl (C=O) groups is 2. The number of carbonyl (C=O) groups excluding carboxylic acids is 2. The molecule has 2 amide bonds. The molecule has 2 N–H and O–H groups in total. The number of rotatable bonds is 6. The molecule has 28 heavy (non-hydrogen) atoms. The summed E-state index contributed by atoms with van der Waals surface area (Å²) in [6.45, 7) is 3.58. The lowest BCUT2D eigenvalue weighted by Crippen LogP contribution is -2.14. The minimum Gasteiger partial charge on any atom is -0.490 e. The average Bonchev–Trinajstić information content (AvgIpc) is 3.08. The maximum absolute atomic E-state index is 13.1. The highest BCUT2D eigenvalue weighted by molar-refractivity contribution is 6.04. The van der Waals surface area contributed by atoms with Crippen molar-refractivity contribution in [3.05, 3.63) is 66.2 Å². The van der Waals surface area contributed by atoms with Crippen LogP contribution in [-0.2, 0) is 4.79 Å². The van der Waals surface area contributed by atoms with Crippen LogP contribution in [0, 0.1) is 5.82 Å². The first-order valence-electron chi connectivity index (χ1n) is 8.63. The van der Waals surface area contributed by atoms with E-state index in [9.17, 15) is 14.0 Å². The highest BCUT2D eigenvalue weighted by Gasteiger charge is 2.19. The number of halogens is 1. The van der Waals surface area contributed by atoms with Gasteiger partial charge in [-0.25, -0.2) is 9.07 Å². The Balaban J connectivity index is 1.82. The maximum atomic E-state index is 13.1. The van der Waals surface area contributed by atoms with E-state index >= 15 is 0 Å². The molecule has 0 aliphatic carbocycles. The highest BCUT2D eigenvalue weighted by Crippen LogP contribution is 2.22. The lowest BCUT2D eigenvalue weighted by atomic mass is 10.2. The molecule has 3 aromatic rings. The summed E-state index contributed by atoms with van der Waals surface area (Å²) in [5, 5.41) is 9.68. The highest BCUT2D eigenvalue weighted by atomic mass is 19.1. The van der Waals surface area contributed by atoms with Gasteiger partial charge in [-0.1, -0.05) is 0 Å². The van der Waals surface area contributed by atoms with Gasteiger partial charge in [0.05, 0.1) is 18.5 Å². The van der Waals surface area contributed by atoms with Crippen LogP contribution >= 0.6 is 0 Å². The Kier molecular flexibility index (Phi) is 5.69. The normalized spacial score (nSPS) is 10.4. The monoisotopic (exact) mass is 382 g/mol. The van der Waals surface area contributed by atoms with Crippen LogP contribution in [0.1, 0.15) is 24.3 Å². The number of anilines is 2. The van der Waals surface area contributed by atoms with Crippen molar-refractivity contribution in [2.45, 2.75) is 13.8 Å². The van der Waals surface area contributed by atoms with E-state index < -0.39 is 5.91 Å². The number of nitrogens with one attached hydrogen (secondary N) is 2. The van der Waals surface area contributed by atoms with Gasteiger partial charge >= 0.3 is 0 Å². The second kappa shape index (κ2) is 8.34. The zero-order valence-corrected chi connectivity index (χ0v) is 15.4. The molecule has 0 saturated carbocycles. The van der Waals surface area contributed by atoms with Gasteiger partial charge in [0.2, 0.25) is 5.91 Å². The van der Waals surface area contributed by atoms with Gasteiger partial charge in [-0.2, -0.15) is 5.10 Å². The van der Waals surface area contributed by atoms with Crippen LogP contribution in [0.5, 0.6) is 5.75 Å². The third kappa shape index (κ3) is 4.53. The van der Waals surface area contributed by atoms with Crippen molar-refractivity contribution in [3.8, 4) is 11.4 Å². The first-order valence-corrected chi connectivity index (χ1v) is 8.63. The molecule has 7 nitrogen and oxygen atoms in total. The molecule has 144 valence electrons. The molecule has 0 atom stereocenters. The summed E-state index contributed by atoms with van der Waals surface area (Å²) in [6.07, 6.45) is 1.57. The molecule has 0 aliphatic heterocycles. The van der Waals surface area contributed by atoms with Crippen molar-refractivity contribution in [3.63, 3.8) is 0 Å². The molecule has 0 spiro atoms. The third-order valence-corrected chi connectivity index (χ3v) is 3.75. The third-order valence-electron chi connectivity index (χ3n) is 3.75. The molecule has 1 aromatic heterocycles. The topological polar surface area (TPSA) is 85.2 Å². The molecule has 0 aliphatic rings. The molecular weight excluding hydrogens is 363 g/mol. The van der Waals surface area contributed by atoms with E-state index in [0.717, 1.165) is 0 Å². The van der Waals surface area contributed by atoms with Crippen molar-refractivity contribution in [2.24, 2.45) is 0 Å². The van der Waals surface area contributed by atoms with Crippen molar-refractivity contribution in [1.82, 2.24) is 9.78 Å². The lowest BCUT2D eigenvalue weighted by Gasteiger charge is -2.07. The minimum atomic E-state index is -0.448. The number of aromatic nitrogens is 2. The first kappa shape index (κ1) is 19.1. The zero-order valence-electron chi connectivity index (χ0n) is 15.4. The molecule has 0 unspecified atom stereocenters. The van der Waals surface area contributed by atoms with E-state index in [1.165, 1.54) is 23.7 Å². The minimum absolute atomic E-state index is 0.108. The molecule has 0 radical (unpaired) electrons. The van der Waals surface area contributed by atoms with Crippen LogP contribution in [0.15, 0.2) is 54.7 Å². The van der Waals surface area contributed by atoms with E-state index in [1.54, 1.807) is 49.5 Å². The Bertz CT molecular complexity index is 982. The Labute approximate surface area is 161 Å². The Morgan fingerprint density at radius 1 is 1.04 bits per heavy atom. The van der Waals surface area contributed by atoms with Crippen LogP contribution in [0.25, 0.3) is 5.69 Å². The van der Waals surface area contributed by atoms with E-state index in [4.69, 9.17) is 4.74 Å². The summed E-state index contributed by atoms with van der Waals surface area (Å²) in [4.78, 5) is 23.7. The van der Waals surface area contributed by atoms with E-state index in [1.807, 2.05) is 0 Å². The summed E-state index contributed by atoms with van der Waals surface area (Å²) >= 11 is 0. The zero-order chi connectivity index (χ0) is 20.1. The number of nitrogens with zero attached hydrogens (tertiary/aromatic N) is 2. The van der Waals surface area contributed by atoms with Gasteiger partial charge in [-0.3, -0.25) is 9.59 Å². The van der Waals surface area contributed by atoms with Crippen molar-refractivity contribution in [2.75, 3.05) is 17.2 Å². The Hall–Kier alpha value is -3.68. The van der Waals surface area contributed by atoms with Gasteiger partial charge < -0.3 is 15.4 Å². The van der Waals surface area contributed by atoms with Gasteiger partial charge in [0.1, 0.15) is 5.82 Å². The van der Waals surface area contributed by atoms with Crippen LogP contribution in [0.4, 0.5) is 15.8 Å². The van der Waals surface area contributed by atoms with E-state index in [2.05, 4.69) is 15.7 Å². The van der Waals surface area contributed by atoms with E-state index in [0.29, 0.717) is 29.4 Å². The molecule has 0 saturated heterocycles. The second-order valence-corrected chi connectivity index (χ2v) is 5.91. The average molecular weight is 382 g/mol. The number of hydrogen-bond acceptors (Lipinski definition) is 4. The second-order valence-electron chi connectivity index (χ2n) is 5.91.